The fourth-order valence-electron chi connectivity index (χ4n) is 3.46. The first-order valence-electron chi connectivity index (χ1n) is 7.24. The molecule has 1 N–H and O–H groups in total. The molecule has 4 heteroatoms. The van der Waals surface area contributed by atoms with Crippen molar-refractivity contribution in [1.82, 2.24) is 10.2 Å². The normalized spacial score (nSPS) is 33.0. The number of nitrogens with zero attached hydrogens (tertiary/aromatic N) is 1. The topological polar surface area (TPSA) is 15.3 Å². The highest BCUT2D eigenvalue weighted by Crippen LogP contribution is 2.43. The Morgan fingerprint density at radius 3 is 2.33 bits per heavy atom. The molecule has 1 aliphatic heterocycles. The van der Waals surface area contributed by atoms with Crippen LogP contribution in [0.2, 0.25) is 0 Å². The van der Waals surface area contributed by atoms with Crippen LogP contribution >= 0.6 is 0 Å². The highest BCUT2D eigenvalue weighted by Gasteiger charge is 2.50. The van der Waals surface area contributed by atoms with Crippen LogP contribution in [0, 0.1) is 5.92 Å². The van der Waals surface area contributed by atoms with Gasteiger partial charge in [0.05, 0.1) is 6.54 Å². The van der Waals surface area contributed by atoms with Crippen molar-refractivity contribution in [1.29, 1.82) is 0 Å². The standard InChI is InChI=1S/C14H26F2N2/c1-4-14(5-2)9-17-13(3,11-6-7-11)10-18(14)8-12(15)16/h11-12,17H,4-10H2,1-3H3. The molecule has 0 aromatic carbocycles. The van der Waals surface area contributed by atoms with Gasteiger partial charge in [-0.25, -0.2) is 8.78 Å². The summed E-state index contributed by atoms with van der Waals surface area (Å²) < 4.78 is 25.7. The summed E-state index contributed by atoms with van der Waals surface area (Å²) in [5.41, 5.74) is -0.0342. The van der Waals surface area contributed by atoms with Crippen molar-refractivity contribution in [2.75, 3.05) is 19.6 Å². The Balaban J connectivity index is 2.14. The molecule has 2 rings (SSSR count). The Morgan fingerprint density at radius 1 is 1.28 bits per heavy atom. The summed E-state index contributed by atoms with van der Waals surface area (Å²) in [7, 11) is 0. The molecule has 0 aromatic rings. The number of hydrogen-bond acceptors (Lipinski definition) is 2. The molecule has 1 aliphatic carbocycles. The van der Waals surface area contributed by atoms with E-state index in [9.17, 15) is 8.78 Å². The third-order valence-corrected chi connectivity index (χ3v) is 5.16. The van der Waals surface area contributed by atoms with E-state index in [1.165, 1.54) is 12.8 Å². The van der Waals surface area contributed by atoms with Gasteiger partial charge in [0.1, 0.15) is 0 Å². The van der Waals surface area contributed by atoms with Crippen molar-refractivity contribution in [3.8, 4) is 0 Å². The van der Waals surface area contributed by atoms with E-state index in [0.29, 0.717) is 5.92 Å². The molecule has 0 aromatic heterocycles. The molecular weight excluding hydrogens is 234 g/mol. The Hall–Kier alpha value is -0.220. The second-order valence-corrected chi connectivity index (χ2v) is 6.25. The van der Waals surface area contributed by atoms with Gasteiger partial charge in [-0.3, -0.25) is 4.90 Å². The maximum Gasteiger partial charge on any atom is 0.251 e. The molecule has 0 radical (unpaired) electrons. The Morgan fingerprint density at radius 2 is 1.89 bits per heavy atom. The van der Waals surface area contributed by atoms with Gasteiger partial charge >= 0.3 is 0 Å². The molecule has 1 atom stereocenters. The van der Waals surface area contributed by atoms with Crippen LogP contribution in [0.1, 0.15) is 46.5 Å². The van der Waals surface area contributed by atoms with Crippen LogP contribution in [-0.4, -0.2) is 42.0 Å². The zero-order valence-electron chi connectivity index (χ0n) is 11.8. The molecular formula is C14H26F2N2. The molecule has 1 unspecified atom stereocenters. The SMILES string of the molecule is CCC1(CC)CNC(C)(C2CC2)CN1CC(F)F. The van der Waals surface area contributed by atoms with E-state index in [2.05, 4.69) is 31.0 Å². The van der Waals surface area contributed by atoms with Crippen LogP contribution in [0.4, 0.5) is 8.78 Å². The second-order valence-electron chi connectivity index (χ2n) is 6.25. The summed E-state index contributed by atoms with van der Waals surface area (Å²) in [6.45, 7) is 7.97. The minimum absolute atomic E-state index is 0.0444. The third-order valence-electron chi connectivity index (χ3n) is 5.16. The summed E-state index contributed by atoms with van der Waals surface area (Å²) in [5.74, 6) is 0.685. The Labute approximate surface area is 109 Å². The molecule has 2 aliphatic rings. The summed E-state index contributed by atoms with van der Waals surface area (Å²) >= 11 is 0. The number of nitrogens with one attached hydrogen (secondary N) is 1. The maximum atomic E-state index is 12.8. The van der Waals surface area contributed by atoms with Gasteiger partial charge in [-0.15, -0.1) is 0 Å². The largest absolute Gasteiger partial charge is 0.308 e. The van der Waals surface area contributed by atoms with Crippen LogP contribution in [-0.2, 0) is 0 Å². The summed E-state index contributed by atoms with van der Waals surface area (Å²) in [5, 5.41) is 3.67. The minimum atomic E-state index is -2.23. The van der Waals surface area contributed by atoms with Gasteiger partial charge in [-0.2, -0.15) is 0 Å². The Bertz CT molecular complexity index is 288. The van der Waals surface area contributed by atoms with Crippen molar-refractivity contribution in [2.45, 2.75) is 64.0 Å². The highest BCUT2D eigenvalue weighted by atomic mass is 19.3. The molecule has 1 saturated heterocycles. The van der Waals surface area contributed by atoms with Crippen LogP contribution in [0.5, 0.6) is 0 Å². The van der Waals surface area contributed by atoms with Gasteiger partial charge in [0.25, 0.3) is 6.43 Å². The first-order valence-corrected chi connectivity index (χ1v) is 7.24. The third kappa shape index (κ3) is 2.55. The van der Waals surface area contributed by atoms with E-state index in [1.54, 1.807) is 0 Å². The minimum Gasteiger partial charge on any atom is -0.308 e. The lowest BCUT2D eigenvalue weighted by molar-refractivity contribution is -0.0382. The van der Waals surface area contributed by atoms with Gasteiger partial charge in [-0.05, 0) is 38.5 Å². The Kier molecular flexibility index (Phi) is 3.98. The second kappa shape index (κ2) is 5.04. The van der Waals surface area contributed by atoms with Crippen molar-refractivity contribution < 1.29 is 8.78 Å². The van der Waals surface area contributed by atoms with Crippen LogP contribution in [0.25, 0.3) is 0 Å². The number of hydrogen-bond donors (Lipinski definition) is 1. The van der Waals surface area contributed by atoms with Gasteiger partial charge in [0.2, 0.25) is 0 Å². The van der Waals surface area contributed by atoms with Gasteiger partial charge < -0.3 is 5.32 Å². The van der Waals surface area contributed by atoms with Crippen molar-refractivity contribution in [3.63, 3.8) is 0 Å². The van der Waals surface area contributed by atoms with Crippen molar-refractivity contribution in [3.05, 3.63) is 0 Å². The fourth-order valence-corrected chi connectivity index (χ4v) is 3.46. The number of alkyl halides is 2. The van der Waals surface area contributed by atoms with Gasteiger partial charge in [0, 0.05) is 24.2 Å². The quantitative estimate of drug-likeness (QED) is 0.817. The highest BCUT2D eigenvalue weighted by molar-refractivity contribution is 5.08. The molecule has 0 bridgehead atoms. The van der Waals surface area contributed by atoms with E-state index in [-0.39, 0.29) is 17.6 Å². The van der Waals surface area contributed by atoms with Gasteiger partial charge in [-0.1, -0.05) is 13.8 Å². The van der Waals surface area contributed by atoms with Gasteiger partial charge in [0.15, 0.2) is 0 Å². The predicted molar refractivity (Wildman–Crippen MR) is 70.0 cm³/mol. The number of piperazine rings is 1. The van der Waals surface area contributed by atoms with E-state index < -0.39 is 6.43 Å². The van der Waals surface area contributed by atoms with Crippen molar-refractivity contribution in [2.24, 2.45) is 5.92 Å². The number of rotatable bonds is 5. The van der Waals surface area contributed by atoms with Crippen LogP contribution < -0.4 is 5.32 Å². The van der Waals surface area contributed by atoms with Crippen molar-refractivity contribution >= 4 is 0 Å². The fraction of sp³-hybridized carbons (Fsp3) is 1.00. The zero-order chi connectivity index (χ0) is 13.4. The first-order chi connectivity index (χ1) is 8.46. The monoisotopic (exact) mass is 260 g/mol. The molecule has 18 heavy (non-hydrogen) atoms. The molecule has 106 valence electrons. The molecule has 1 heterocycles. The van der Waals surface area contributed by atoms with Crippen LogP contribution in [0.3, 0.4) is 0 Å². The zero-order valence-corrected chi connectivity index (χ0v) is 11.8. The molecule has 2 nitrogen and oxygen atoms in total. The predicted octanol–water partition coefficient (Wildman–Crippen LogP) is 2.88. The summed E-state index contributed by atoms with van der Waals surface area (Å²) in [6, 6.07) is 0. The lowest BCUT2D eigenvalue weighted by Gasteiger charge is -2.53. The average molecular weight is 260 g/mol. The van der Waals surface area contributed by atoms with E-state index >= 15 is 0 Å². The molecule has 0 amide bonds. The lowest BCUT2D eigenvalue weighted by atomic mass is 9.81. The molecule has 0 spiro atoms. The van der Waals surface area contributed by atoms with Crippen LogP contribution in [0.15, 0.2) is 0 Å². The average Bonchev–Trinajstić information content (AvgIpc) is 3.14. The first kappa shape index (κ1) is 14.2. The lowest BCUT2D eigenvalue weighted by Crippen LogP contribution is -2.70. The van der Waals surface area contributed by atoms with E-state index in [1.807, 2.05) is 0 Å². The number of halogens is 2. The summed E-state index contributed by atoms with van der Waals surface area (Å²) in [4.78, 5) is 2.06. The molecule has 1 saturated carbocycles. The molecule has 2 fully saturated rings. The van der Waals surface area contributed by atoms with E-state index in [0.717, 1.165) is 25.9 Å². The smallest absolute Gasteiger partial charge is 0.251 e. The van der Waals surface area contributed by atoms with E-state index in [4.69, 9.17) is 0 Å². The summed E-state index contributed by atoms with van der Waals surface area (Å²) in [6.07, 6.45) is 2.13. The maximum absolute atomic E-state index is 12.8.